The number of carbonyl (C=O) groups is 3. The molecule has 2 aromatic carbocycles. The zero-order valence-electron chi connectivity index (χ0n) is 22.7. The van der Waals surface area contributed by atoms with E-state index in [1.165, 1.54) is 17.6 Å². The molecule has 0 saturated heterocycles. The summed E-state index contributed by atoms with van der Waals surface area (Å²) in [6.07, 6.45) is 1.64. The Balaban J connectivity index is 1.54. The van der Waals surface area contributed by atoms with E-state index in [1.807, 2.05) is 45.0 Å². The molecule has 2 amide bonds. The Morgan fingerprint density at radius 3 is 2.31 bits per heavy atom. The summed E-state index contributed by atoms with van der Waals surface area (Å²) in [5, 5.41) is 7.23. The van der Waals surface area contributed by atoms with Gasteiger partial charge in [0.05, 0.1) is 25.0 Å². The number of hydrogen-bond donors (Lipinski definition) is 2. The first-order valence-corrected chi connectivity index (χ1v) is 13.5. The zero-order chi connectivity index (χ0) is 28.4. The van der Waals surface area contributed by atoms with Gasteiger partial charge in [-0.25, -0.2) is 10.2 Å². The van der Waals surface area contributed by atoms with E-state index in [0.29, 0.717) is 28.5 Å². The number of thiophene rings is 1. The number of anilines is 1. The van der Waals surface area contributed by atoms with Gasteiger partial charge in [0.25, 0.3) is 11.8 Å². The highest BCUT2D eigenvalue weighted by atomic mass is 32.1. The lowest BCUT2D eigenvalue weighted by Crippen LogP contribution is -2.33. The molecule has 0 bridgehead atoms. The number of nitrogens with one attached hydrogen (secondary N) is 2. The maximum Gasteiger partial charge on any atom is 0.341 e. The quantitative estimate of drug-likeness (QED) is 0.174. The molecule has 1 unspecified atom stereocenters. The van der Waals surface area contributed by atoms with E-state index in [4.69, 9.17) is 14.2 Å². The summed E-state index contributed by atoms with van der Waals surface area (Å²) in [4.78, 5) is 38.5. The minimum absolute atomic E-state index is 0.244. The number of hydrogen-bond acceptors (Lipinski definition) is 8. The Kier molecular flexibility index (Phi) is 10.6. The van der Waals surface area contributed by atoms with Crippen LogP contribution in [0.5, 0.6) is 11.5 Å². The van der Waals surface area contributed by atoms with E-state index >= 15 is 0 Å². The van der Waals surface area contributed by atoms with Crippen molar-refractivity contribution < 1.29 is 28.6 Å². The molecule has 10 heteroatoms. The van der Waals surface area contributed by atoms with Gasteiger partial charge in [-0.1, -0.05) is 6.92 Å². The van der Waals surface area contributed by atoms with Crippen LogP contribution in [-0.4, -0.2) is 43.3 Å². The van der Waals surface area contributed by atoms with E-state index < -0.39 is 18.0 Å². The first kappa shape index (κ1) is 29.4. The fraction of sp³-hybridized carbons (Fsp3) is 0.310. The molecular weight excluding hydrogens is 518 g/mol. The number of ether oxygens (including phenoxy) is 3. The summed E-state index contributed by atoms with van der Waals surface area (Å²) in [6, 6.07) is 13.7. The van der Waals surface area contributed by atoms with Crippen molar-refractivity contribution in [3.8, 4) is 11.5 Å². The van der Waals surface area contributed by atoms with Crippen LogP contribution >= 0.6 is 11.3 Å². The van der Waals surface area contributed by atoms with Crippen molar-refractivity contribution in [3.63, 3.8) is 0 Å². The second-order valence-corrected chi connectivity index (χ2v) is 9.82. The van der Waals surface area contributed by atoms with Crippen LogP contribution in [0.4, 0.5) is 5.00 Å². The smallest absolute Gasteiger partial charge is 0.341 e. The second-order valence-electron chi connectivity index (χ2n) is 8.60. The van der Waals surface area contributed by atoms with Crippen molar-refractivity contribution in [1.82, 2.24) is 5.43 Å². The van der Waals surface area contributed by atoms with Crippen LogP contribution in [0.15, 0.2) is 53.6 Å². The lowest BCUT2D eigenvalue weighted by Gasteiger charge is -2.13. The fourth-order valence-corrected chi connectivity index (χ4v) is 4.46. The van der Waals surface area contributed by atoms with Gasteiger partial charge >= 0.3 is 5.97 Å². The summed E-state index contributed by atoms with van der Waals surface area (Å²) in [5.41, 5.74) is 4.79. The molecular formula is C29H33N3O6S. The topological polar surface area (TPSA) is 115 Å². The molecule has 0 spiro atoms. The Hall–Kier alpha value is -4.18. The summed E-state index contributed by atoms with van der Waals surface area (Å²) < 4.78 is 16.4. The third-order valence-corrected chi connectivity index (χ3v) is 6.75. The third-order valence-electron chi connectivity index (χ3n) is 5.63. The van der Waals surface area contributed by atoms with Crippen molar-refractivity contribution in [2.75, 3.05) is 18.5 Å². The van der Waals surface area contributed by atoms with Gasteiger partial charge in [-0.2, -0.15) is 5.10 Å². The van der Waals surface area contributed by atoms with E-state index in [0.717, 1.165) is 28.2 Å². The number of esters is 1. The molecule has 1 atom stereocenters. The highest BCUT2D eigenvalue weighted by molar-refractivity contribution is 7.16. The van der Waals surface area contributed by atoms with Crippen molar-refractivity contribution in [3.05, 3.63) is 75.7 Å². The number of nitrogens with zero attached hydrogens (tertiary/aromatic N) is 1. The largest absolute Gasteiger partial charge is 0.494 e. The van der Waals surface area contributed by atoms with Crippen molar-refractivity contribution in [1.29, 1.82) is 0 Å². The number of carbonyl (C=O) groups excluding carboxylic acids is 3. The number of benzene rings is 2. The van der Waals surface area contributed by atoms with Crippen LogP contribution < -0.4 is 20.2 Å². The highest BCUT2D eigenvalue weighted by Crippen LogP contribution is 2.33. The molecule has 1 heterocycles. The minimum Gasteiger partial charge on any atom is -0.494 e. The molecule has 0 aliphatic heterocycles. The molecule has 39 heavy (non-hydrogen) atoms. The summed E-state index contributed by atoms with van der Waals surface area (Å²) in [7, 11) is 0. The Bertz CT molecular complexity index is 1320. The van der Waals surface area contributed by atoms with Crippen LogP contribution in [0.3, 0.4) is 0 Å². The Labute approximate surface area is 232 Å². The van der Waals surface area contributed by atoms with E-state index in [-0.39, 0.29) is 12.5 Å². The first-order chi connectivity index (χ1) is 18.7. The summed E-state index contributed by atoms with van der Waals surface area (Å²) >= 11 is 1.32. The minimum atomic E-state index is -0.823. The van der Waals surface area contributed by atoms with Gasteiger partial charge in [-0.15, -0.1) is 11.3 Å². The predicted molar refractivity (Wildman–Crippen MR) is 152 cm³/mol. The zero-order valence-corrected chi connectivity index (χ0v) is 23.5. The molecule has 0 saturated carbocycles. The number of rotatable bonds is 12. The summed E-state index contributed by atoms with van der Waals surface area (Å²) in [5.74, 6) is -0.0770. The molecule has 0 radical (unpaired) electrons. The normalized spacial score (nSPS) is 11.6. The number of hydrazone groups is 1. The van der Waals surface area contributed by atoms with E-state index in [9.17, 15) is 14.4 Å². The predicted octanol–water partition coefficient (Wildman–Crippen LogP) is 5.50. The van der Waals surface area contributed by atoms with Crippen LogP contribution in [-0.2, 0) is 9.53 Å². The van der Waals surface area contributed by atoms with Crippen LogP contribution in [0.25, 0.3) is 0 Å². The van der Waals surface area contributed by atoms with Gasteiger partial charge in [0, 0.05) is 10.4 Å². The standard InChI is InChI=1S/C29H33N3O6S/c1-6-16-37-23-12-8-21(9-13-23)17-30-32-26(33)19(4)38-24-14-10-22(11-15-24)27(34)31-28-25(29(35)36-7-2)18(3)20(5)39-28/h8-15,17,19H,6-7,16H2,1-5H3,(H,31,34)(H,32,33)/b30-17+. The average Bonchev–Trinajstić information content (AvgIpc) is 3.20. The van der Waals surface area contributed by atoms with Gasteiger partial charge in [-0.3, -0.25) is 9.59 Å². The molecule has 1 aromatic heterocycles. The number of aryl methyl sites for hydroxylation is 1. The van der Waals surface area contributed by atoms with E-state index in [1.54, 1.807) is 38.1 Å². The average molecular weight is 552 g/mol. The highest BCUT2D eigenvalue weighted by Gasteiger charge is 2.22. The van der Waals surface area contributed by atoms with E-state index in [2.05, 4.69) is 15.8 Å². The molecule has 9 nitrogen and oxygen atoms in total. The second kappa shape index (κ2) is 14.1. The van der Waals surface area contributed by atoms with Crippen molar-refractivity contribution in [2.45, 2.75) is 47.1 Å². The maximum absolute atomic E-state index is 12.8. The van der Waals surface area contributed by atoms with Crippen LogP contribution in [0, 0.1) is 13.8 Å². The number of amides is 2. The lowest BCUT2D eigenvalue weighted by atomic mass is 10.1. The molecule has 0 aliphatic rings. The first-order valence-electron chi connectivity index (χ1n) is 12.6. The molecule has 2 N–H and O–H groups in total. The van der Waals surface area contributed by atoms with Gasteiger partial charge in [-0.05, 0) is 93.8 Å². The fourth-order valence-electron chi connectivity index (χ4n) is 3.41. The molecule has 206 valence electrons. The third kappa shape index (κ3) is 8.15. The van der Waals surface area contributed by atoms with Crippen molar-refractivity contribution in [2.24, 2.45) is 5.10 Å². The molecule has 0 fully saturated rings. The SMILES string of the molecule is CCCOc1ccc(/C=N/NC(=O)C(C)Oc2ccc(C(=O)Nc3sc(C)c(C)c3C(=O)OCC)cc2)cc1. The monoisotopic (exact) mass is 551 g/mol. The van der Waals surface area contributed by atoms with Crippen LogP contribution in [0.1, 0.15) is 63.9 Å². The maximum atomic E-state index is 12.8. The Morgan fingerprint density at radius 1 is 1.00 bits per heavy atom. The van der Waals surface area contributed by atoms with Gasteiger partial charge in [0.15, 0.2) is 6.10 Å². The molecule has 0 aliphatic carbocycles. The van der Waals surface area contributed by atoms with Crippen molar-refractivity contribution >= 4 is 40.3 Å². The molecule has 3 aromatic rings. The van der Waals surface area contributed by atoms with Gasteiger partial charge in [0.2, 0.25) is 0 Å². The summed E-state index contributed by atoms with van der Waals surface area (Å²) in [6.45, 7) is 9.98. The lowest BCUT2D eigenvalue weighted by molar-refractivity contribution is -0.127. The van der Waals surface area contributed by atoms with Crippen LogP contribution in [0.2, 0.25) is 0 Å². The van der Waals surface area contributed by atoms with Gasteiger partial charge in [0.1, 0.15) is 16.5 Å². The Morgan fingerprint density at radius 2 is 1.67 bits per heavy atom. The van der Waals surface area contributed by atoms with Gasteiger partial charge < -0.3 is 19.5 Å². The molecule has 3 rings (SSSR count).